The number of carbonyl (C=O) groups is 1. The van der Waals surface area contributed by atoms with Crippen molar-refractivity contribution in [2.45, 2.75) is 45.2 Å². The van der Waals surface area contributed by atoms with Gasteiger partial charge in [-0.3, -0.25) is 0 Å². The summed E-state index contributed by atoms with van der Waals surface area (Å²) >= 11 is 0. The molecule has 1 aromatic rings. The molecule has 1 fully saturated rings. The van der Waals surface area contributed by atoms with Gasteiger partial charge in [-0.15, -0.1) is 0 Å². The van der Waals surface area contributed by atoms with Gasteiger partial charge in [-0.1, -0.05) is 32.1 Å². The van der Waals surface area contributed by atoms with Crippen molar-refractivity contribution in [3.05, 3.63) is 35.4 Å². The quantitative estimate of drug-likeness (QED) is 0.746. The molecule has 6 nitrogen and oxygen atoms in total. The summed E-state index contributed by atoms with van der Waals surface area (Å²) in [5, 5.41) is 12.1. The minimum Gasteiger partial charge on any atom is -0.507 e. The molecule has 0 spiro atoms. The van der Waals surface area contributed by atoms with E-state index in [1.54, 1.807) is 13.8 Å². The summed E-state index contributed by atoms with van der Waals surface area (Å²) in [6.07, 6.45) is -2.46. The van der Waals surface area contributed by atoms with Gasteiger partial charge in [0.25, 0.3) is 0 Å². The number of halogens is 3. The highest BCUT2D eigenvalue weighted by molar-refractivity contribution is 5.69. The molecule has 1 aliphatic rings. The fourth-order valence-electron chi connectivity index (χ4n) is 2.52. The van der Waals surface area contributed by atoms with Gasteiger partial charge in [-0.25, -0.2) is 4.79 Å². The van der Waals surface area contributed by atoms with Crippen molar-refractivity contribution in [3.63, 3.8) is 0 Å². The first-order chi connectivity index (χ1) is 13.3. The Labute approximate surface area is 167 Å². The van der Waals surface area contributed by atoms with E-state index in [9.17, 15) is 23.1 Å². The topological polar surface area (TPSA) is 77.0 Å². The number of carbonyl (C=O) groups excluding carboxylic acids is 1. The van der Waals surface area contributed by atoms with E-state index in [0.717, 1.165) is 12.1 Å². The van der Waals surface area contributed by atoms with E-state index < -0.39 is 34.9 Å². The molecule has 1 aromatic carbocycles. The van der Waals surface area contributed by atoms with E-state index in [1.165, 1.54) is 18.2 Å². The van der Waals surface area contributed by atoms with Crippen LogP contribution in [0.3, 0.4) is 0 Å². The highest BCUT2D eigenvalue weighted by atomic mass is 19.4. The second kappa shape index (κ2) is 8.62. The number of hydrogen-bond donors (Lipinski definition) is 2. The molecule has 2 N–H and O–H groups in total. The molecule has 0 radical (unpaired) electrons. The normalized spacial score (nSPS) is 18.8. The summed E-state index contributed by atoms with van der Waals surface area (Å²) in [6.45, 7) is 7.50. The summed E-state index contributed by atoms with van der Waals surface area (Å²) in [5.74, 6) is -1.57. The van der Waals surface area contributed by atoms with Gasteiger partial charge in [0.1, 0.15) is 11.3 Å². The van der Waals surface area contributed by atoms with E-state index in [1.807, 2.05) is 13.8 Å². The number of benzene rings is 1. The number of alkyl halides is 3. The first-order valence-corrected chi connectivity index (χ1v) is 9.14. The van der Waals surface area contributed by atoms with Crippen molar-refractivity contribution in [2.24, 2.45) is 5.92 Å². The van der Waals surface area contributed by atoms with Crippen LogP contribution in [0, 0.1) is 5.92 Å². The van der Waals surface area contributed by atoms with Crippen LogP contribution in [0.5, 0.6) is 5.75 Å². The molecule has 29 heavy (non-hydrogen) atoms. The van der Waals surface area contributed by atoms with Crippen LogP contribution < -0.4 is 5.32 Å². The third-order valence-electron chi connectivity index (χ3n) is 4.17. The molecule has 0 bridgehead atoms. The Morgan fingerprint density at radius 1 is 1.31 bits per heavy atom. The van der Waals surface area contributed by atoms with Gasteiger partial charge in [0, 0.05) is 0 Å². The van der Waals surface area contributed by atoms with Gasteiger partial charge >= 0.3 is 12.3 Å². The van der Waals surface area contributed by atoms with Gasteiger partial charge in [-0.2, -0.15) is 13.2 Å². The number of hydrogen-bond acceptors (Lipinski definition) is 5. The number of aromatic hydroxyl groups is 1. The van der Waals surface area contributed by atoms with Crippen molar-refractivity contribution in [1.29, 1.82) is 0 Å². The number of nitrogens with one attached hydrogen (secondary N) is 1. The first kappa shape index (κ1) is 23.0. The minimum atomic E-state index is -4.69. The molecule has 1 saturated heterocycles. The summed E-state index contributed by atoms with van der Waals surface area (Å²) in [6, 6.07) is 3.13. The van der Waals surface area contributed by atoms with Gasteiger partial charge in [0.2, 0.25) is 0 Å². The monoisotopic (exact) mass is 417 g/mol. The van der Waals surface area contributed by atoms with Crippen molar-refractivity contribution in [3.8, 4) is 5.75 Å². The van der Waals surface area contributed by atoms with Crippen LogP contribution in [0.4, 0.5) is 18.0 Å². The van der Waals surface area contributed by atoms with Crippen LogP contribution >= 0.6 is 0 Å². The number of ether oxygens (including phenoxy) is 3. The van der Waals surface area contributed by atoms with Crippen LogP contribution in [0.15, 0.2) is 24.3 Å². The maximum Gasteiger partial charge on any atom is 0.419 e. The molecular formula is C20H26F3NO5. The second-order valence-corrected chi connectivity index (χ2v) is 7.86. The summed E-state index contributed by atoms with van der Waals surface area (Å²) in [7, 11) is 0. The first-order valence-electron chi connectivity index (χ1n) is 9.14. The Hall–Kier alpha value is -2.26. The largest absolute Gasteiger partial charge is 0.507 e. The van der Waals surface area contributed by atoms with Gasteiger partial charge < -0.3 is 24.6 Å². The molecule has 0 aromatic heterocycles. The number of amides is 1. The zero-order chi connectivity index (χ0) is 21.9. The van der Waals surface area contributed by atoms with Crippen molar-refractivity contribution < 1.29 is 37.3 Å². The van der Waals surface area contributed by atoms with Crippen LogP contribution in [-0.2, 0) is 20.4 Å². The molecule has 1 amide bonds. The third-order valence-corrected chi connectivity index (χ3v) is 4.17. The number of alkyl carbamates (subject to hydrolysis) is 1. The molecule has 0 unspecified atom stereocenters. The smallest absolute Gasteiger partial charge is 0.419 e. The van der Waals surface area contributed by atoms with Gasteiger partial charge in [0.15, 0.2) is 5.79 Å². The van der Waals surface area contributed by atoms with Crippen molar-refractivity contribution >= 4 is 12.2 Å². The van der Waals surface area contributed by atoms with E-state index in [2.05, 4.69) is 5.32 Å². The van der Waals surface area contributed by atoms with E-state index in [4.69, 9.17) is 14.2 Å². The van der Waals surface area contributed by atoms with E-state index >= 15 is 0 Å². The molecule has 2 rings (SSSR count). The molecular weight excluding hydrogens is 391 g/mol. The maximum atomic E-state index is 13.0. The third kappa shape index (κ3) is 6.64. The Balaban J connectivity index is 2.25. The fourth-order valence-corrected chi connectivity index (χ4v) is 2.52. The van der Waals surface area contributed by atoms with Gasteiger partial charge in [0.05, 0.1) is 25.4 Å². The number of rotatable bonds is 5. The van der Waals surface area contributed by atoms with Crippen molar-refractivity contribution in [2.75, 3.05) is 19.8 Å². The minimum absolute atomic E-state index is 0.0392. The summed E-state index contributed by atoms with van der Waals surface area (Å²) < 4.78 is 55.4. The lowest BCUT2D eigenvalue weighted by molar-refractivity contribution is -0.263. The average Bonchev–Trinajstić information content (AvgIpc) is 2.61. The standard InChI is InChI=1S/C20H26F3NO5/c1-13(2)10-27-17(26)24-19(11-28-18(3,4)29-12-19)8-7-14-5-6-16(25)15(9-14)20(21,22)23/h5-9,13,25H,10-12H2,1-4H3,(H,24,26)/b8-7+. The maximum absolute atomic E-state index is 13.0. The van der Waals surface area contributed by atoms with Crippen LogP contribution in [0.2, 0.25) is 0 Å². The number of phenols is 1. The molecule has 9 heteroatoms. The second-order valence-electron chi connectivity index (χ2n) is 7.86. The lowest BCUT2D eigenvalue weighted by atomic mass is 9.98. The summed E-state index contributed by atoms with van der Waals surface area (Å²) in [4.78, 5) is 12.2. The molecule has 0 saturated carbocycles. The molecule has 162 valence electrons. The fraction of sp³-hybridized carbons (Fsp3) is 0.550. The van der Waals surface area contributed by atoms with Crippen molar-refractivity contribution in [1.82, 2.24) is 5.32 Å². The van der Waals surface area contributed by atoms with Crippen LogP contribution in [-0.4, -0.2) is 42.3 Å². The molecule has 0 aliphatic carbocycles. The predicted molar refractivity (Wildman–Crippen MR) is 100 cm³/mol. The molecule has 0 atom stereocenters. The zero-order valence-electron chi connectivity index (χ0n) is 16.8. The molecule has 1 aliphatic heterocycles. The SMILES string of the molecule is CC(C)COC(=O)NC1(/C=C/c2ccc(O)c(C(F)(F)F)c2)COC(C)(C)OC1. The zero-order valence-corrected chi connectivity index (χ0v) is 16.8. The van der Waals surface area contributed by atoms with E-state index in [0.29, 0.717) is 0 Å². The average molecular weight is 417 g/mol. The molecule has 1 heterocycles. The highest BCUT2D eigenvalue weighted by Crippen LogP contribution is 2.36. The predicted octanol–water partition coefficient (Wildman–Crippen LogP) is 4.33. The lowest BCUT2D eigenvalue weighted by Crippen LogP contribution is -2.60. The lowest BCUT2D eigenvalue weighted by Gasteiger charge is -2.42. The Kier molecular flexibility index (Phi) is 6.85. The van der Waals surface area contributed by atoms with Gasteiger partial charge in [-0.05, 0) is 37.5 Å². The van der Waals surface area contributed by atoms with E-state index in [-0.39, 0.29) is 31.3 Å². The number of phenolic OH excluding ortho intramolecular Hbond substituents is 1. The Morgan fingerprint density at radius 3 is 2.48 bits per heavy atom. The highest BCUT2D eigenvalue weighted by Gasteiger charge is 2.40. The van der Waals surface area contributed by atoms with Crippen LogP contribution in [0.25, 0.3) is 6.08 Å². The Bertz CT molecular complexity index is 749. The summed E-state index contributed by atoms with van der Waals surface area (Å²) in [5.41, 5.74) is -2.08. The van der Waals surface area contributed by atoms with Crippen LogP contribution in [0.1, 0.15) is 38.8 Å². The Morgan fingerprint density at radius 2 is 1.93 bits per heavy atom.